The molecule has 0 bridgehead atoms. The SMILES string of the molecule is c1ccc(-n2ccc3c4c5cc(-c6ccc(N(c7ccc(-c8ncncn8)cc7)c7ccc(-c8ncncn8)cc7)cc6)ccc5n(-c5ccccc5)c4ccc32)cc1. The van der Waals surface area contributed by atoms with E-state index in [1.807, 2.05) is 24.3 Å². The summed E-state index contributed by atoms with van der Waals surface area (Å²) in [6.07, 6.45) is 8.24. The van der Waals surface area contributed by atoms with Crippen LogP contribution in [0.25, 0.3) is 78.0 Å². The standard InChI is InChI=1S/C50H33N9/c1-3-7-38(8-4-1)57-28-27-43-45(57)25-26-47-48(43)44-29-37(17-24-46(44)59(47)39-9-5-2-6-10-39)34-11-18-40(19-12-34)58(41-20-13-35(14-21-41)49-53-30-51-31-54-49)42-22-15-36(16-23-42)50-55-32-52-33-56-50/h1-33H. The van der Waals surface area contributed by atoms with E-state index < -0.39 is 0 Å². The lowest BCUT2D eigenvalue weighted by Crippen LogP contribution is -2.10. The van der Waals surface area contributed by atoms with E-state index in [0.717, 1.165) is 50.7 Å². The normalized spacial score (nSPS) is 11.4. The van der Waals surface area contributed by atoms with Crippen LogP contribution < -0.4 is 4.90 Å². The molecule has 0 aliphatic carbocycles. The van der Waals surface area contributed by atoms with Gasteiger partial charge in [-0.2, -0.15) is 0 Å². The van der Waals surface area contributed by atoms with E-state index in [4.69, 9.17) is 0 Å². The molecule has 11 rings (SSSR count). The van der Waals surface area contributed by atoms with Crippen LogP contribution in [0.15, 0.2) is 201 Å². The molecule has 278 valence electrons. The van der Waals surface area contributed by atoms with Crippen LogP contribution in [-0.4, -0.2) is 39.0 Å². The molecule has 0 atom stereocenters. The first-order valence-electron chi connectivity index (χ1n) is 19.3. The fraction of sp³-hybridized carbons (Fsp3) is 0. The van der Waals surface area contributed by atoms with Crippen molar-refractivity contribution in [2.24, 2.45) is 0 Å². The minimum atomic E-state index is 0.627. The van der Waals surface area contributed by atoms with Gasteiger partial charge in [-0.3, -0.25) is 0 Å². The molecule has 0 saturated carbocycles. The average molecular weight is 760 g/mol. The summed E-state index contributed by atoms with van der Waals surface area (Å²) in [5.41, 5.74) is 12.9. The third kappa shape index (κ3) is 6.05. The highest BCUT2D eigenvalue weighted by molar-refractivity contribution is 6.21. The smallest absolute Gasteiger partial charge is 0.162 e. The van der Waals surface area contributed by atoms with Crippen molar-refractivity contribution in [2.75, 3.05) is 4.90 Å². The van der Waals surface area contributed by atoms with Crippen molar-refractivity contribution >= 4 is 49.8 Å². The predicted molar refractivity (Wildman–Crippen MR) is 235 cm³/mol. The number of hydrogen-bond acceptors (Lipinski definition) is 7. The molecule has 0 spiro atoms. The summed E-state index contributed by atoms with van der Waals surface area (Å²) >= 11 is 0. The highest BCUT2D eigenvalue weighted by atomic mass is 15.1. The van der Waals surface area contributed by atoms with E-state index in [-0.39, 0.29) is 0 Å². The van der Waals surface area contributed by atoms with Gasteiger partial charge < -0.3 is 14.0 Å². The second-order valence-electron chi connectivity index (χ2n) is 14.2. The highest BCUT2D eigenvalue weighted by Gasteiger charge is 2.19. The topological polar surface area (TPSA) is 90.4 Å². The Morgan fingerprint density at radius 3 is 1.41 bits per heavy atom. The lowest BCUT2D eigenvalue weighted by Gasteiger charge is -2.26. The average Bonchev–Trinajstić information content (AvgIpc) is 3.90. The summed E-state index contributed by atoms with van der Waals surface area (Å²) < 4.78 is 4.66. The van der Waals surface area contributed by atoms with Crippen molar-refractivity contribution in [3.05, 3.63) is 201 Å². The Morgan fingerprint density at radius 2 is 0.847 bits per heavy atom. The van der Waals surface area contributed by atoms with Gasteiger partial charge in [0.1, 0.15) is 25.3 Å². The van der Waals surface area contributed by atoms with E-state index in [1.54, 1.807) is 0 Å². The summed E-state index contributed by atoms with van der Waals surface area (Å²) in [5.74, 6) is 1.25. The Balaban J connectivity index is 1.02. The van der Waals surface area contributed by atoms with Crippen molar-refractivity contribution in [1.29, 1.82) is 0 Å². The predicted octanol–water partition coefficient (Wildman–Crippen LogP) is 11.6. The molecule has 0 amide bonds. The molecule has 9 heteroatoms. The highest BCUT2D eigenvalue weighted by Crippen LogP contribution is 2.41. The number of rotatable bonds is 8. The molecule has 0 aliphatic rings. The van der Waals surface area contributed by atoms with Crippen LogP contribution in [0, 0.1) is 0 Å². The molecule has 59 heavy (non-hydrogen) atoms. The maximum Gasteiger partial charge on any atom is 0.162 e. The molecule has 0 fully saturated rings. The summed E-state index contributed by atoms with van der Waals surface area (Å²) in [7, 11) is 0. The van der Waals surface area contributed by atoms with Gasteiger partial charge in [0.2, 0.25) is 0 Å². The van der Waals surface area contributed by atoms with Gasteiger partial charge in [-0.25, -0.2) is 29.9 Å². The van der Waals surface area contributed by atoms with E-state index >= 15 is 0 Å². The molecule has 11 aromatic rings. The Kier molecular flexibility index (Phi) is 8.25. The maximum absolute atomic E-state index is 4.34. The summed E-state index contributed by atoms with van der Waals surface area (Å²) in [6.45, 7) is 0. The molecule has 0 saturated heterocycles. The maximum atomic E-state index is 4.34. The fourth-order valence-corrected chi connectivity index (χ4v) is 8.13. The van der Waals surface area contributed by atoms with Crippen LogP contribution in [0.4, 0.5) is 17.1 Å². The summed E-state index contributed by atoms with van der Waals surface area (Å²) in [5, 5.41) is 3.67. The lowest BCUT2D eigenvalue weighted by atomic mass is 10.0. The molecule has 0 aliphatic heterocycles. The van der Waals surface area contributed by atoms with Gasteiger partial charge in [-0.05, 0) is 126 Å². The molecular weight excluding hydrogens is 727 g/mol. The van der Waals surface area contributed by atoms with Crippen molar-refractivity contribution < 1.29 is 0 Å². The van der Waals surface area contributed by atoms with Crippen LogP contribution >= 0.6 is 0 Å². The number of nitrogens with zero attached hydrogens (tertiary/aromatic N) is 9. The molecular formula is C50H33N9. The van der Waals surface area contributed by atoms with E-state index in [9.17, 15) is 0 Å². The second-order valence-corrected chi connectivity index (χ2v) is 14.2. The molecule has 0 unspecified atom stereocenters. The van der Waals surface area contributed by atoms with Crippen molar-refractivity contribution in [3.63, 3.8) is 0 Å². The first-order chi connectivity index (χ1) is 29.3. The van der Waals surface area contributed by atoms with Crippen molar-refractivity contribution in [2.45, 2.75) is 0 Å². The van der Waals surface area contributed by atoms with Gasteiger partial charge in [0.15, 0.2) is 11.6 Å². The quantitative estimate of drug-likeness (QED) is 0.152. The third-order valence-corrected chi connectivity index (χ3v) is 10.9. The van der Waals surface area contributed by atoms with Crippen LogP contribution in [0.5, 0.6) is 0 Å². The number of fused-ring (bicyclic) bond motifs is 5. The zero-order valence-corrected chi connectivity index (χ0v) is 31.6. The van der Waals surface area contributed by atoms with Crippen LogP contribution in [0.1, 0.15) is 0 Å². The molecule has 4 aromatic heterocycles. The first-order valence-corrected chi connectivity index (χ1v) is 19.3. The van der Waals surface area contributed by atoms with Gasteiger partial charge in [0.25, 0.3) is 0 Å². The Bertz CT molecular complexity index is 3140. The van der Waals surface area contributed by atoms with Crippen LogP contribution in [0.2, 0.25) is 0 Å². The molecule has 9 nitrogen and oxygen atoms in total. The fourth-order valence-electron chi connectivity index (χ4n) is 8.13. The van der Waals surface area contributed by atoms with Gasteiger partial charge in [0, 0.05) is 61.9 Å². The van der Waals surface area contributed by atoms with Crippen LogP contribution in [0.3, 0.4) is 0 Å². The van der Waals surface area contributed by atoms with Gasteiger partial charge in [0.05, 0.1) is 16.6 Å². The largest absolute Gasteiger partial charge is 0.317 e. The first kappa shape index (κ1) is 34.0. The Labute approximate surface area is 339 Å². The second kappa shape index (κ2) is 14.3. The van der Waals surface area contributed by atoms with E-state index in [0.29, 0.717) is 11.6 Å². The summed E-state index contributed by atoms with van der Waals surface area (Å²) in [4.78, 5) is 27.6. The number of hydrogen-bond donors (Lipinski definition) is 0. The zero-order valence-electron chi connectivity index (χ0n) is 31.6. The van der Waals surface area contributed by atoms with Crippen molar-refractivity contribution in [1.82, 2.24) is 39.0 Å². The number of para-hydroxylation sites is 2. The molecule has 0 N–H and O–H groups in total. The van der Waals surface area contributed by atoms with Crippen molar-refractivity contribution in [3.8, 4) is 45.3 Å². The number of benzene rings is 7. The van der Waals surface area contributed by atoms with E-state index in [2.05, 4.69) is 196 Å². The third-order valence-electron chi connectivity index (χ3n) is 10.9. The number of anilines is 3. The summed E-state index contributed by atoms with van der Waals surface area (Å²) in [6, 6.07) is 60.1. The molecule has 0 radical (unpaired) electrons. The minimum Gasteiger partial charge on any atom is -0.317 e. The lowest BCUT2D eigenvalue weighted by molar-refractivity contribution is 1.06. The number of aromatic nitrogens is 8. The van der Waals surface area contributed by atoms with Crippen LogP contribution in [-0.2, 0) is 0 Å². The molecule has 7 aromatic carbocycles. The Morgan fingerprint density at radius 1 is 0.373 bits per heavy atom. The van der Waals surface area contributed by atoms with Gasteiger partial charge in [-0.15, -0.1) is 0 Å². The zero-order chi connectivity index (χ0) is 39.1. The minimum absolute atomic E-state index is 0.627. The molecule has 4 heterocycles. The monoisotopic (exact) mass is 759 g/mol. The van der Waals surface area contributed by atoms with E-state index in [1.165, 1.54) is 58.0 Å². The van der Waals surface area contributed by atoms with Gasteiger partial charge in [-0.1, -0.05) is 54.6 Å². The van der Waals surface area contributed by atoms with Gasteiger partial charge >= 0.3 is 0 Å². The Hall–Kier alpha value is -8.30.